The molecule has 5 rings (SSSR count). The fraction of sp³-hybridized carbons (Fsp3) is 0.0400. The SMILES string of the molecule is [B]c1ccc2c(c1)-c1cc([B])ccc1C21C(C=C)=C(C=C)c2ccccc21. The van der Waals surface area contributed by atoms with E-state index in [4.69, 9.17) is 15.7 Å². The van der Waals surface area contributed by atoms with E-state index in [-0.39, 0.29) is 0 Å². The van der Waals surface area contributed by atoms with E-state index in [0.29, 0.717) is 0 Å². The lowest BCUT2D eigenvalue weighted by atomic mass is 9.69. The fourth-order valence-corrected chi connectivity index (χ4v) is 4.97. The van der Waals surface area contributed by atoms with E-state index in [1.54, 1.807) is 0 Å². The molecule has 0 unspecified atom stereocenters. The molecule has 0 N–H and O–H groups in total. The molecule has 2 aliphatic rings. The Morgan fingerprint density at radius 3 is 1.78 bits per heavy atom. The van der Waals surface area contributed by atoms with Gasteiger partial charge in [0, 0.05) is 0 Å². The highest BCUT2D eigenvalue weighted by atomic mass is 14.5. The van der Waals surface area contributed by atoms with Crippen molar-refractivity contribution in [2.45, 2.75) is 5.41 Å². The summed E-state index contributed by atoms with van der Waals surface area (Å²) in [6.45, 7) is 8.26. The molecule has 3 aromatic rings. The molecule has 2 heteroatoms. The maximum absolute atomic E-state index is 6.15. The van der Waals surface area contributed by atoms with E-state index >= 15 is 0 Å². The zero-order chi connectivity index (χ0) is 18.8. The lowest BCUT2D eigenvalue weighted by molar-refractivity contribution is 0.787. The first kappa shape index (κ1) is 16.2. The van der Waals surface area contributed by atoms with Crippen molar-refractivity contribution in [2.75, 3.05) is 0 Å². The highest BCUT2D eigenvalue weighted by Gasteiger charge is 2.51. The molecule has 3 aromatic carbocycles. The van der Waals surface area contributed by atoms with Crippen molar-refractivity contribution in [1.82, 2.24) is 0 Å². The van der Waals surface area contributed by atoms with Gasteiger partial charge in [-0.1, -0.05) is 96.9 Å². The molecule has 2 aliphatic carbocycles. The Kier molecular flexibility index (Phi) is 3.30. The van der Waals surface area contributed by atoms with Gasteiger partial charge in [0.25, 0.3) is 0 Å². The van der Waals surface area contributed by atoms with Crippen LogP contribution in [0.3, 0.4) is 0 Å². The molecule has 0 aromatic heterocycles. The third-order valence-electron chi connectivity index (χ3n) is 5.91. The largest absolute Gasteiger partial charge is 0.113 e. The van der Waals surface area contributed by atoms with E-state index < -0.39 is 5.41 Å². The predicted octanol–water partition coefficient (Wildman–Crippen LogP) is 3.73. The summed E-state index contributed by atoms with van der Waals surface area (Å²) < 4.78 is 0. The number of rotatable bonds is 2. The Morgan fingerprint density at radius 2 is 1.22 bits per heavy atom. The summed E-state index contributed by atoms with van der Waals surface area (Å²) in [5, 5.41) is 0. The van der Waals surface area contributed by atoms with Crippen molar-refractivity contribution < 1.29 is 0 Å². The zero-order valence-electron chi connectivity index (χ0n) is 15.0. The summed E-state index contributed by atoms with van der Waals surface area (Å²) in [6.07, 6.45) is 3.92. The molecular weight excluding hydrogens is 322 g/mol. The molecule has 0 amide bonds. The van der Waals surface area contributed by atoms with Crippen molar-refractivity contribution in [2.24, 2.45) is 0 Å². The van der Waals surface area contributed by atoms with Gasteiger partial charge in [0.2, 0.25) is 0 Å². The lowest BCUT2D eigenvalue weighted by Gasteiger charge is -2.31. The van der Waals surface area contributed by atoms with Gasteiger partial charge in [0.1, 0.15) is 15.7 Å². The van der Waals surface area contributed by atoms with E-state index in [1.165, 1.54) is 22.3 Å². The van der Waals surface area contributed by atoms with Crippen LogP contribution in [0.2, 0.25) is 0 Å². The summed E-state index contributed by atoms with van der Waals surface area (Å²) >= 11 is 0. The molecule has 0 fully saturated rings. The van der Waals surface area contributed by atoms with E-state index in [1.807, 2.05) is 24.3 Å². The molecule has 4 radical (unpaired) electrons. The van der Waals surface area contributed by atoms with Crippen LogP contribution < -0.4 is 10.9 Å². The van der Waals surface area contributed by atoms with E-state index in [9.17, 15) is 0 Å². The van der Waals surface area contributed by atoms with Crippen LogP contribution in [0.5, 0.6) is 0 Å². The maximum Gasteiger partial charge on any atom is 0.113 e. The minimum absolute atomic E-state index is 0.409. The van der Waals surface area contributed by atoms with Crippen LogP contribution in [0, 0.1) is 0 Å². The van der Waals surface area contributed by atoms with Gasteiger partial charge in [-0.3, -0.25) is 0 Å². The van der Waals surface area contributed by atoms with Crippen LogP contribution in [-0.2, 0) is 5.41 Å². The molecular formula is C25H16B2. The van der Waals surface area contributed by atoms with E-state index in [0.717, 1.165) is 33.2 Å². The Morgan fingerprint density at radius 1 is 0.667 bits per heavy atom. The smallest absolute Gasteiger partial charge is 0.0987 e. The van der Waals surface area contributed by atoms with Crippen LogP contribution in [-0.4, -0.2) is 15.7 Å². The molecule has 0 heterocycles. The third kappa shape index (κ3) is 1.85. The lowest BCUT2D eigenvalue weighted by Crippen LogP contribution is -2.27. The molecule has 27 heavy (non-hydrogen) atoms. The third-order valence-corrected chi connectivity index (χ3v) is 5.91. The molecule has 122 valence electrons. The molecule has 0 nitrogen and oxygen atoms in total. The molecule has 0 aliphatic heterocycles. The zero-order valence-corrected chi connectivity index (χ0v) is 15.0. The van der Waals surface area contributed by atoms with Crippen LogP contribution in [0.15, 0.2) is 91.5 Å². The summed E-state index contributed by atoms with van der Waals surface area (Å²) in [6, 6.07) is 20.9. The van der Waals surface area contributed by atoms with Crippen molar-refractivity contribution >= 4 is 32.2 Å². The monoisotopic (exact) mass is 338 g/mol. The Balaban J connectivity index is 2.03. The Labute approximate surface area is 162 Å². The second kappa shape index (κ2) is 5.50. The summed E-state index contributed by atoms with van der Waals surface area (Å²) in [5.74, 6) is 0. The van der Waals surface area contributed by atoms with Gasteiger partial charge in [0.05, 0.1) is 5.41 Å². The van der Waals surface area contributed by atoms with Gasteiger partial charge in [0.15, 0.2) is 0 Å². The van der Waals surface area contributed by atoms with Gasteiger partial charge in [-0.25, -0.2) is 0 Å². The molecule has 0 saturated heterocycles. The van der Waals surface area contributed by atoms with Crippen LogP contribution >= 0.6 is 0 Å². The number of hydrogen-bond donors (Lipinski definition) is 0. The average Bonchev–Trinajstić information content (AvgIpc) is 3.12. The minimum atomic E-state index is -0.409. The van der Waals surface area contributed by atoms with Crippen LogP contribution in [0.25, 0.3) is 16.7 Å². The predicted molar refractivity (Wildman–Crippen MR) is 116 cm³/mol. The first-order valence-electron chi connectivity index (χ1n) is 9.02. The maximum atomic E-state index is 6.15. The molecule has 0 bridgehead atoms. The summed E-state index contributed by atoms with van der Waals surface area (Å²) in [7, 11) is 12.3. The van der Waals surface area contributed by atoms with Crippen molar-refractivity contribution in [3.8, 4) is 11.1 Å². The highest BCUT2D eigenvalue weighted by Crippen LogP contribution is 2.61. The fourth-order valence-electron chi connectivity index (χ4n) is 4.97. The van der Waals surface area contributed by atoms with Crippen molar-refractivity contribution in [3.05, 3.63) is 114 Å². The van der Waals surface area contributed by atoms with Gasteiger partial charge in [-0.05, 0) is 44.5 Å². The number of allylic oxidation sites excluding steroid dienone is 4. The summed E-state index contributed by atoms with van der Waals surface area (Å²) in [4.78, 5) is 0. The van der Waals surface area contributed by atoms with Crippen molar-refractivity contribution in [3.63, 3.8) is 0 Å². The van der Waals surface area contributed by atoms with Gasteiger partial charge >= 0.3 is 0 Å². The van der Waals surface area contributed by atoms with E-state index in [2.05, 4.69) is 61.7 Å². The molecule has 0 saturated carbocycles. The Hall–Kier alpha value is -2.99. The second-order valence-electron chi connectivity index (χ2n) is 7.14. The normalized spacial score (nSPS) is 15.4. The first-order chi connectivity index (χ1) is 13.1. The van der Waals surface area contributed by atoms with Crippen molar-refractivity contribution in [1.29, 1.82) is 0 Å². The number of fused-ring (bicyclic) bond motifs is 7. The van der Waals surface area contributed by atoms with Crippen LogP contribution in [0.1, 0.15) is 22.3 Å². The Bertz CT molecular complexity index is 1130. The molecule has 1 spiro atoms. The standard InChI is InChI=1S/C25H16B2/c1-3-17-18-7-5-6-8-22(18)25(21(17)4-2)23-11-9-15(26)13-19(23)20-14-16(27)10-12-24(20)25/h3-14H,1-2H2. The van der Waals surface area contributed by atoms with Gasteiger partial charge in [-0.2, -0.15) is 0 Å². The van der Waals surface area contributed by atoms with Crippen LogP contribution in [0.4, 0.5) is 0 Å². The number of hydrogen-bond acceptors (Lipinski definition) is 0. The first-order valence-corrected chi connectivity index (χ1v) is 9.02. The topological polar surface area (TPSA) is 0 Å². The van der Waals surface area contributed by atoms with Gasteiger partial charge in [-0.15, -0.1) is 0 Å². The number of benzene rings is 3. The average molecular weight is 338 g/mol. The summed E-state index contributed by atoms with van der Waals surface area (Å²) in [5.41, 5.74) is 10.5. The molecule has 0 atom stereocenters. The van der Waals surface area contributed by atoms with Gasteiger partial charge < -0.3 is 0 Å². The highest BCUT2D eigenvalue weighted by molar-refractivity contribution is 6.33. The minimum Gasteiger partial charge on any atom is -0.0987 e. The second-order valence-corrected chi connectivity index (χ2v) is 7.14. The quantitative estimate of drug-likeness (QED) is 0.625.